The van der Waals surface area contributed by atoms with Gasteiger partial charge in [0.2, 0.25) is 0 Å². The van der Waals surface area contributed by atoms with Crippen molar-refractivity contribution in [2.45, 2.75) is 22.8 Å². The molecule has 1 nitrogen and oxygen atoms in total. The minimum Gasteiger partial charge on any atom is -0.389 e. The third-order valence-electron chi connectivity index (χ3n) is 2.54. The van der Waals surface area contributed by atoms with Gasteiger partial charge in [-0.15, -0.1) is 0 Å². The molecule has 0 bridgehead atoms. The maximum absolute atomic E-state index is 9.59. The van der Waals surface area contributed by atoms with Gasteiger partial charge < -0.3 is 5.11 Å². The maximum Gasteiger partial charge on any atom is 0.0772 e. The van der Waals surface area contributed by atoms with Crippen molar-refractivity contribution >= 4 is 50.9 Å². The van der Waals surface area contributed by atoms with Crippen molar-refractivity contribution in [3.63, 3.8) is 0 Å². The molecule has 0 unspecified atom stereocenters. The molecular weight excluding hydrogens is 367 g/mol. The molecule has 1 atom stereocenters. The predicted molar refractivity (Wildman–Crippen MR) is 85.4 cm³/mol. The Bertz CT molecular complexity index is 602. The normalized spacial score (nSPS) is 12.5. The summed E-state index contributed by atoms with van der Waals surface area (Å²) in [7, 11) is 0. The second kappa shape index (κ2) is 6.51. The van der Waals surface area contributed by atoms with Crippen molar-refractivity contribution in [1.82, 2.24) is 0 Å². The first kappa shape index (κ1) is 15.2. The van der Waals surface area contributed by atoms with Crippen LogP contribution in [0.1, 0.15) is 18.6 Å². The Morgan fingerprint density at radius 3 is 2.53 bits per heavy atom. The maximum atomic E-state index is 9.59. The fourth-order valence-corrected chi connectivity index (χ4v) is 3.84. The van der Waals surface area contributed by atoms with Gasteiger partial charge in [-0.3, -0.25) is 0 Å². The average Bonchev–Trinajstić information content (AvgIpc) is 2.33. The number of rotatable bonds is 3. The van der Waals surface area contributed by atoms with Gasteiger partial charge in [0.05, 0.1) is 11.1 Å². The molecular formula is C14H11BrCl2OS. The van der Waals surface area contributed by atoms with Crippen molar-refractivity contribution in [2.75, 3.05) is 0 Å². The second-order valence-corrected chi connectivity index (χ2v) is 6.85. The quantitative estimate of drug-likeness (QED) is 0.711. The van der Waals surface area contributed by atoms with Gasteiger partial charge in [-0.25, -0.2) is 0 Å². The molecule has 0 fully saturated rings. The van der Waals surface area contributed by atoms with Crippen molar-refractivity contribution in [2.24, 2.45) is 0 Å². The van der Waals surface area contributed by atoms with Crippen molar-refractivity contribution in [3.8, 4) is 0 Å². The summed E-state index contributed by atoms with van der Waals surface area (Å²) in [4.78, 5) is 1.94. The van der Waals surface area contributed by atoms with E-state index in [9.17, 15) is 5.11 Å². The highest BCUT2D eigenvalue weighted by Crippen LogP contribution is 2.37. The summed E-state index contributed by atoms with van der Waals surface area (Å²) in [5.41, 5.74) is 0.863. The molecule has 2 aromatic rings. The summed E-state index contributed by atoms with van der Waals surface area (Å²) in [5, 5.41) is 10.9. The second-order valence-electron chi connectivity index (χ2n) is 4.04. The largest absolute Gasteiger partial charge is 0.389 e. The molecule has 0 saturated carbocycles. The zero-order valence-corrected chi connectivity index (χ0v) is 13.9. The molecule has 100 valence electrons. The van der Waals surface area contributed by atoms with Gasteiger partial charge in [0.1, 0.15) is 0 Å². The first-order valence-corrected chi connectivity index (χ1v) is 7.94. The SMILES string of the molecule is C[C@@H](O)c1ccc(Sc2cc(Cl)ccc2Cl)cc1Br. The number of aliphatic hydroxyl groups excluding tert-OH is 1. The highest BCUT2D eigenvalue weighted by molar-refractivity contribution is 9.10. The molecule has 0 radical (unpaired) electrons. The lowest BCUT2D eigenvalue weighted by Crippen LogP contribution is -1.92. The van der Waals surface area contributed by atoms with Crippen LogP contribution in [-0.2, 0) is 0 Å². The molecule has 0 aromatic heterocycles. The number of halogens is 3. The van der Waals surface area contributed by atoms with Crippen LogP contribution in [0, 0.1) is 0 Å². The van der Waals surface area contributed by atoms with Crippen LogP contribution in [-0.4, -0.2) is 5.11 Å². The monoisotopic (exact) mass is 376 g/mol. The van der Waals surface area contributed by atoms with Gasteiger partial charge in [-0.2, -0.15) is 0 Å². The molecule has 0 aliphatic carbocycles. The van der Waals surface area contributed by atoms with Gasteiger partial charge in [-0.05, 0) is 42.8 Å². The molecule has 0 heterocycles. The number of hydrogen-bond donors (Lipinski definition) is 1. The molecule has 2 rings (SSSR count). The lowest BCUT2D eigenvalue weighted by atomic mass is 10.1. The first-order valence-electron chi connectivity index (χ1n) is 5.58. The lowest BCUT2D eigenvalue weighted by molar-refractivity contribution is 0.198. The fourth-order valence-electron chi connectivity index (χ4n) is 1.59. The molecule has 19 heavy (non-hydrogen) atoms. The summed E-state index contributed by atoms with van der Waals surface area (Å²) < 4.78 is 0.880. The summed E-state index contributed by atoms with van der Waals surface area (Å²) in [6, 6.07) is 11.2. The topological polar surface area (TPSA) is 20.2 Å². The van der Waals surface area contributed by atoms with Crippen LogP contribution in [0.3, 0.4) is 0 Å². The Hall–Kier alpha value is -0.190. The highest BCUT2D eigenvalue weighted by atomic mass is 79.9. The average molecular weight is 378 g/mol. The van der Waals surface area contributed by atoms with E-state index < -0.39 is 6.10 Å². The minimum atomic E-state index is -0.497. The predicted octanol–water partition coefficient (Wildman–Crippen LogP) is 5.96. The van der Waals surface area contributed by atoms with Crippen molar-refractivity contribution < 1.29 is 5.11 Å². The Kier molecular flexibility index (Phi) is 5.21. The molecule has 0 saturated heterocycles. The summed E-state index contributed by atoms with van der Waals surface area (Å²) in [5.74, 6) is 0. The van der Waals surface area contributed by atoms with E-state index in [4.69, 9.17) is 23.2 Å². The third-order valence-corrected chi connectivity index (χ3v) is 4.95. The smallest absolute Gasteiger partial charge is 0.0772 e. The van der Waals surface area contributed by atoms with E-state index in [-0.39, 0.29) is 0 Å². The Balaban J connectivity index is 2.29. The third kappa shape index (κ3) is 3.89. The van der Waals surface area contributed by atoms with Gasteiger partial charge in [-0.1, -0.05) is 57.0 Å². The standard InChI is InChI=1S/C14H11BrCl2OS/c1-8(18)11-4-3-10(7-12(11)15)19-14-6-9(16)2-5-13(14)17/h2-8,18H,1H3/t8-/m1/s1. The number of aliphatic hydroxyl groups is 1. The van der Waals surface area contributed by atoms with E-state index in [1.54, 1.807) is 19.1 Å². The zero-order valence-electron chi connectivity index (χ0n) is 10.0. The van der Waals surface area contributed by atoms with E-state index in [2.05, 4.69) is 15.9 Å². The van der Waals surface area contributed by atoms with Crippen LogP contribution in [0.4, 0.5) is 0 Å². The summed E-state index contributed by atoms with van der Waals surface area (Å²) >= 11 is 17.1. The summed E-state index contributed by atoms with van der Waals surface area (Å²) in [6.07, 6.45) is -0.497. The first-order chi connectivity index (χ1) is 8.97. The molecule has 2 aromatic carbocycles. The van der Waals surface area contributed by atoms with Crippen LogP contribution in [0.2, 0.25) is 10.0 Å². The lowest BCUT2D eigenvalue weighted by Gasteiger charge is -2.10. The summed E-state index contributed by atoms with van der Waals surface area (Å²) in [6.45, 7) is 1.74. The molecule has 0 aliphatic rings. The molecule has 0 amide bonds. The highest BCUT2D eigenvalue weighted by Gasteiger charge is 2.09. The van der Waals surface area contributed by atoms with Crippen LogP contribution in [0.25, 0.3) is 0 Å². The molecule has 5 heteroatoms. The minimum absolute atomic E-state index is 0.497. The van der Waals surface area contributed by atoms with E-state index in [1.165, 1.54) is 11.8 Å². The van der Waals surface area contributed by atoms with Crippen LogP contribution in [0.15, 0.2) is 50.7 Å². The fraction of sp³-hybridized carbons (Fsp3) is 0.143. The molecule has 0 spiro atoms. The van der Waals surface area contributed by atoms with Crippen LogP contribution >= 0.6 is 50.9 Å². The van der Waals surface area contributed by atoms with Gasteiger partial charge in [0.25, 0.3) is 0 Å². The Morgan fingerprint density at radius 1 is 1.16 bits per heavy atom. The van der Waals surface area contributed by atoms with E-state index >= 15 is 0 Å². The Morgan fingerprint density at radius 2 is 1.89 bits per heavy atom. The van der Waals surface area contributed by atoms with Gasteiger partial charge in [0, 0.05) is 19.3 Å². The molecule has 1 N–H and O–H groups in total. The zero-order chi connectivity index (χ0) is 14.0. The van der Waals surface area contributed by atoms with E-state index in [0.717, 1.165) is 19.8 Å². The molecule has 0 aliphatic heterocycles. The van der Waals surface area contributed by atoms with Crippen molar-refractivity contribution in [1.29, 1.82) is 0 Å². The van der Waals surface area contributed by atoms with Crippen LogP contribution in [0.5, 0.6) is 0 Å². The van der Waals surface area contributed by atoms with Crippen molar-refractivity contribution in [3.05, 3.63) is 56.5 Å². The Labute approximate surface area is 135 Å². The van der Waals surface area contributed by atoms with Crippen LogP contribution < -0.4 is 0 Å². The number of benzene rings is 2. The van der Waals surface area contributed by atoms with E-state index in [0.29, 0.717) is 10.0 Å². The van der Waals surface area contributed by atoms with Gasteiger partial charge >= 0.3 is 0 Å². The van der Waals surface area contributed by atoms with Gasteiger partial charge in [0.15, 0.2) is 0 Å². The number of hydrogen-bond acceptors (Lipinski definition) is 2. The van der Waals surface area contributed by atoms with E-state index in [1.807, 2.05) is 24.3 Å².